The highest BCUT2D eigenvalue weighted by Gasteiger charge is 2.10. The first-order valence-electron chi connectivity index (χ1n) is 5.08. The highest BCUT2D eigenvalue weighted by molar-refractivity contribution is 5.98. The molecule has 6 nitrogen and oxygen atoms in total. The van der Waals surface area contributed by atoms with Crippen molar-refractivity contribution in [3.8, 4) is 0 Å². The van der Waals surface area contributed by atoms with E-state index in [1.54, 1.807) is 31.2 Å². The number of hydrogen-bond donors (Lipinski definition) is 2. The number of aryl methyl sites for hydroxylation is 1. The molecule has 1 heterocycles. The molecule has 0 aliphatic heterocycles. The minimum Gasteiger partial charge on any atom is -0.398 e. The molecule has 0 spiro atoms. The molecule has 1 aromatic heterocycles. The fourth-order valence-electron chi connectivity index (χ4n) is 1.37. The summed E-state index contributed by atoms with van der Waals surface area (Å²) in [5.74, 6) is 0.637. The Bertz CT molecular complexity index is 536. The van der Waals surface area contributed by atoms with E-state index in [2.05, 4.69) is 15.5 Å². The molecule has 0 aliphatic rings. The van der Waals surface area contributed by atoms with Gasteiger partial charge in [-0.3, -0.25) is 4.79 Å². The van der Waals surface area contributed by atoms with E-state index in [0.29, 0.717) is 23.0 Å². The Morgan fingerprint density at radius 2 is 2.24 bits per heavy atom. The van der Waals surface area contributed by atoms with E-state index in [4.69, 9.17) is 10.3 Å². The maximum Gasteiger partial charge on any atom is 0.253 e. The van der Waals surface area contributed by atoms with E-state index >= 15 is 0 Å². The zero-order valence-corrected chi connectivity index (χ0v) is 9.30. The number of nitrogen functional groups attached to an aromatic ring is 1. The molecule has 2 rings (SSSR count). The standard InChI is InChI=1S/C11H12N4O2/c1-7-14-10(17-15-7)6-13-11(16)8-4-2-3-5-9(8)12/h2-5H,6,12H2,1H3,(H,13,16). The molecule has 1 aromatic carbocycles. The van der Waals surface area contributed by atoms with Crippen molar-refractivity contribution in [2.45, 2.75) is 13.5 Å². The highest BCUT2D eigenvalue weighted by Crippen LogP contribution is 2.10. The number of hydrogen-bond acceptors (Lipinski definition) is 5. The van der Waals surface area contributed by atoms with Crippen LogP contribution in [0, 0.1) is 6.92 Å². The Morgan fingerprint density at radius 3 is 2.88 bits per heavy atom. The van der Waals surface area contributed by atoms with Crippen LogP contribution < -0.4 is 11.1 Å². The molecule has 0 bridgehead atoms. The molecule has 0 aliphatic carbocycles. The molecule has 6 heteroatoms. The molecular formula is C11H12N4O2. The predicted octanol–water partition coefficient (Wildman–Crippen LogP) is 0.890. The molecule has 0 saturated carbocycles. The number of anilines is 1. The second-order valence-corrected chi connectivity index (χ2v) is 3.51. The largest absolute Gasteiger partial charge is 0.398 e. The molecule has 88 valence electrons. The maximum absolute atomic E-state index is 11.8. The zero-order valence-electron chi connectivity index (χ0n) is 9.30. The molecule has 17 heavy (non-hydrogen) atoms. The van der Waals surface area contributed by atoms with Crippen molar-refractivity contribution in [1.29, 1.82) is 0 Å². The summed E-state index contributed by atoms with van der Waals surface area (Å²) in [4.78, 5) is 15.7. The lowest BCUT2D eigenvalue weighted by Crippen LogP contribution is -2.23. The number of nitrogens with zero attached hydrogens (tertiary/aromatic N) is 2. The maximum atomic E-state index is 11.8. The SMILES string of the molecule is Cc1noc(CNC(=O)c2ccccc2N)n1. The van der Waals surface area contributed by atoms with Crippen LogP contribution in [-0.4, -0.2) is 16.0 Å². The van der Waals surface area contributed by atoms with E-state index < -0.39 is 0 Å². The summed E-state index contributed by atoms with van der Waals surface area (Å²) in [6.07, 6.45) is 0. The quantitative estimate of drug-likeness (QED) is 0.766. The van der Waals surface area contributed by atoms with Gasteiger partial charge in [0.1, 0.15) is 0 Å². The minimum absolute atomic E-state index is 0.188. The molecule has 2 aromatic rings. The predicted molar refractivity (Wildman–Crippen MR) is 61.1 cm³/mol. The van der Waals surface area contributed by atoms with Gasteiger partial charge in [0.05, 0.1) is 12.1 Å². The third-order valence-electron chi connectivity index (χ3n) is 2.18. The average molecular weight is 232 g/mol. The first kappa shape index (κ1) is 11.1. The van der Waals surface area contributed by atoms with Gasteiger partial charge in [-0.15, -0.1) is 0 Å². The van der Waals surface area contributed by atoms with Crippen molar-refractivity contribution in [2.24, 2.45) is 0 Å². The summed E-state index contributed by atoms with van der Waals surface area (Å²) >= 11 is 0. The number of amides is 1. The van der Waals surface area contributed by atoms with Crippen molar-refractivity contribution in [2.75, 3.05) is 5.73 Å². The van der Waals surface area contributed by atoms with Gasteiger partial charge < -0.3 is 15.6 Å². The van der Waals surface area contributed by atoms with Crippen LogP contribution in [0.4, 0.5) is 5.69 Å². The Balaban J connectivity index is 2.01. The second-order valence-electron chi connectivity index (χ2n) is 3.51. The van der Waals surface area contributed by atoms with Gasteiger partial charge in [0.25, 0.3) is 5.91 Å². The Morgan fingerprint density at radius 1 is 1.47 bits per heavy atom. The van der Waals surface area contributed by atoms with Crippen molar-refractivity contribution in [3.05, 3.63) is 41.5 Å². The number of rotatable bonds is 3. The summed E-state index contributed by atoms with van der Waals surface area (Å²) in [6, 6.07) is 6.85. The molecule has 1 amide bonds. The molecule has 0 saturated heterocycles. The number of aromatic nitrogens is 2. The second kappa shape index (κ2) is 4.65. The van der Waals surface area contributed by atoms with E-state index in [1.165, 1.54) is 0 Å². The van der Waals surface area contributed by atoms with Gasteiger partial charge in [0, 0.05) is 5.69 Å². The topological polar surface area (TPSA) is 94.0 Å². The minimum atomic E-state index is -0.265. The number of nitrogens with one attached hydrogen (secondary N) is 1. The zero-order chi connectivity index (χ0) is 12.3. The van der Waals surface area contributed by atoms with Crippen LogP contribution >= 0.6 is 0 Å². The average Bonchev–Trinajstić information content (AvgIpc) is 2.73. The van der Waals surface area contributed by atoms with E-state index in [0.717, 1.165) is 0 Å². The summed E-state index contributed by atoms with van der Waals surface area (Å²) in [5, 5.41) is 6.28. The lowest BCUT2D eigenvalue weighted by Gasteiger charge is -2.04. The van der Waals surface area contributed by atoms with Gasteiger partial charge in [-0.25, -0.2) is 0 Å². The Labute approximate surface area is 97.8 Å². The third-order valence-corrected chi connectivity index (χ3v) is 2.18. The number of carbonyl (C=O) groups excluding carboxylic acids is 1. The molecular weight excluding hydrogens is 220 g/mol. The van der Waals surface area contributed by atoms with Crippen LogP contribution in [0.25, 0.3) is 0 Å². The van der Waals surface area contributed by atoms with Gasteiger partial charge >= 0.3 is 0 Å². The number of para-hydroxylation sites is 1. The van der Waals surface area contributed by atoms with Crippen molar-refractivity contribution in [1.82, 2.24) is 15.5 Å². The van der Waals surface area contributed by atoms with Crippen LogP contribution in [0.1, 0.15) is 22.1 Å². The molecule has 0 radical (unpaired) electrons. The van der Waals surface area contributed by atoms with Crippen LogP contribution in [0.15, 0.2) is 28.8 Å². The van der Waals surface area contributed by atoms with Gasteiger partial charge in [0.2, 0.25) is 5.89 Å². The van der Waals surface area contributed by atoms with E-state index in [9.17, 15) is 4.79 Å². The van der Waals surface area contributed by atoms with Gasteiger partial charge in [-0.2, -0.15) is 4.98 Å². The van der Waals surface area contributed by atoms with E-state index in [-0.39, 0.29) is 12.5 Å². The van der Waals surface area contributed by atoms with Crippen LogP contribution in [0.3, 0.4) is 0 Å². The fourth-order valence-corrected chi connectivity index (χ4v) is 1.37. The first-order valence-corrected chi connectivity index (χ1v) is 5.08. The van der Waals surface area contributed by atoms with Crippen LogP contribution in [-0.2, 0) is 6.54 Å². The molecule has 0 unspecified atom stereocenters. The van der Waals surface area contributed by atoms with Crippen LogP contribution in [0.2, 0.25) is 0 Å². The van der Waals surface area contributed by atoms with Crippen molar-refractivity contribution >= 4 is 11.6 Å². The lowest BCUT2D eigenvalue weighted by molar-refractivity contribution is 0.0947. The molecule has 0 fully saturated rings. The van der Waals surface area contributed by atoms with Gasteiger partial charge in [-0.1, -0.05) is 17.3 Å². The Kier molecular flexibility index (Phi) is 3.04. The number of nitrogens with two attached hydrogens (primary N) is 1. The summed E-state index contributed by atoms with van der Waals surface area (Å²) < 4.78 is 4.87. The Hall–Kier alpha value is -2.37. The lowest BCUT2D eigenvalue weighted by atomic mass is 10.2. The monoisotopic (exact) mass is 232 g/mol. The normalized spacial score (nSPS) is 10.2. The van der Waals surface area contributed by atoms with Gasteiger partial charge in [-0.05, 0) is 19.1 Å². The molecule has 3 N–H and O–H groups in total. The number of benzene rings is 1. The summed E-state index contributed by atoms with van der Waals surface area (Å²) in [7, 11) is 0. The highest BCUT2D eigenvalue weighted by atomic mass is 16.5. The first-order chi connectivity index (χ1) is 8.16. The molecule has 0 atom stereocenters. The third kappa shape index (κ3) is 2.60. The fraction of sp³-hybridized carbons (Fsp3) is 0.182. The smallest absolute Gasteiger partial charge is 0.253 e. The van der Waals surface area contributed by atoms with Crippen molar-refractivity contribution < 1.29 is 9.32 Å². The number of carbonyl (C=O) groups is 1. The van der Waals surface area contributed by atoms with E-state index in [1.807, 2.05) is 0 Å². The summed E-state index contributed by atoms with van der Waals surface area (Å²) in [6.45, 7) is 1.90. The summed E-state index contributed by atoms with van der Waals surface area (Å²) in [5.41, 5.74) is 6.55. The van der Waals surface area contributed by atoms with Gasteiger partial charge in [0.15, 0.2) is 5.82 Å². The van der Waals surface area contributed by atoms with Crippen LogP contribution in [0.5, 0.6) is 0 Å². The van der Waals surface area contributed by atoms with Crippen molar-refractivity contribution in [3.63, 3.8) is 0 Å².